The van der Waals surface area contributed by atoms with Crippen LogP contribution in [0.5, 0.6) is 0 Å². The van der Waals surface area contributed by atoms with Gasteiger partial charge in [-0.2, -0.15) is 0 Å². The standard InChI is InChI=1S/C14H26NO5.ClH/c1-7-10-20-14(11-15(4,5)6,12(16)18-8-2)13(17)19-9-3;/h7H,1,8-11H2,2-6H3;1H/q+1;/p-1. The van der Waals surface area contributed by atoms with Crippen molar-refractivity contribution in [2.24, 2.45) is 0 Å². The SMILES string of the molecule is C=CCOC(C[N+](C)(C)C)(C(=O)OCC)C(=O)OCC.[Cl-]. The van der Waals surface area contributed by atoms with Gasteiger partial charge in [0.15, 0.2) is 0 Å². The molecular formula is C14H26ClNO5. The van der Waals surface area contributed by atoms with Crippen LogP contribution in [0.4, 0.5) is 0 Å². The Morgan fingerprint density at radius 2 is 1.52 bits per heavy atom. The summed E-state index contributed by atoms with van der Waals surface area (Å²) in [6.07, 6.45) is 1.48. The highest BCUT2D eigenvalue weighted by Crippen LogP contribution is 2.20. The van der Waals surface area contributed by atoms with Crippen molar-refractivity contribution in [3.05, 3.63) is 12.7 Å². The Hall–Kier alpha value is -1.11. The van der Waals surface area contributed by atoms with E-state index in [4.69, 9.17) is 14.2 Å². The summed E-state index contributed by atoms with van der Waals surface area (Å²) in [5, 5.41) is 0. The van der Waals surface area contributed by atoms with E-state index in [-0.39, 0.29) is 38.8 Å². The first kappa shape index (κ1) is 22.2. The second-order valence-electron chi connectivity index (χ2n) is 5.32. The van der Waals surface area contributed by atoms with Gasteiger partial charge in [-0.05, 0) is 13.8 Å². The summed E-state index contributed by atoms with van der Waals surface area (Å²) in [6.45, 7) is 7.37. The van der Waals surface area contributed by atoms with E-state index in [9.17, 15) is 9.59 Å². The fourth-order valence-electron chi connectivity index (χ4n) is 1.74. The van der Waals surface area contributed by atoms with E-state index in [1.165, 1.54) is 6.08 Å². The molecule has 0 aromatic rings. The Labute approximate surface area is 133 Å². The maximum atomic E-state index is 12.3. The molecule has 0 aromatic heterocycles. The molecule has 0 radical (unpaired) electrons. The van der Waals surface area contributed by atoms with Crippen LogP contribution in [0, 0.1) is 0 Å². The van der Waals surface area contributed by atoms with Gasteiger partial charge >= 0.3 is 17.5 Å². The minimum Gasteiger partial charge on any atom is -1.00 e. The molecule has 0 aliphatic carbocycles. The molecule has 0 fully saturated rings. The Morgan fingerprint density at radius 3 is 1.81 bits per heavy atom. The normalized spacial score (nSPS) is 11.3. The van der Waals surface area contributed by atoms with E-state index < -0.39 is 17.5 Å². The van der Waals surface area contributed by atoms with Crippen LogP contribution < -0.4 is 12.4 Å². The molecule has 0 unspecified atom stereocenters. The molecule has 124 valence electrons. The highest BCUT2D eigenvalue weighted by atomic mass is 35.5. The smallest absolute Gasteiger partial charge is 0.356 e. The summed E-state index contributed by atoms with van der Waals surface area (Å²) in [4.78, 5) is 24.5. The van der Waals surface area contributed by atoms with Gasteiger partial charge in [0.25, 0.3) is 0 Å². The maximum absolute atomic E-state index is 12.3. The van der Waals surface area contributed by atoms with E-state index in [0.717, 1.165) is 0 Å². The molecule has 0 N–H and O–H groups in total. The first-order valence-corrected chi connectivity index (χ1v) is 6.63. The molecule has 0 heterocycles. The fraction of sp³-hybridized carbons (Fsp3) is 0.714. The third-order valence-corrected chi connectivity index (χ3v) is 2.35. The lowest BCUT2D eigenvalue weighted by molar-refractivity contribution is -0.874. The van der Waals surface area contributed by atoms with Crippen molar-refractivity contribution in [1.82, 2.24) is 0 Å². The van der Waals surface area contributed by atoms with Crippen molar-refractivity contribution in [1.29, 1.82) is 0 Å². The minimum atomic E-state index is -1.77. The predicted molar refractivity (Wildman–Crippen MR) is 75.0 cm³/mol. The first-order chi connectivity index (χ1) is 9.23. The zero-order valence-corrected chi connectivity index (χ0v) is 14.2. The summed E-state index contributed by atoms with van der Waals surface area (Å²) < 4.78 is 15.9. The van der Waals surface area contributed by atoms with Gasteiger partial charge in [-0.15, -0.1) is 6.58 Å². The van der Waals surface area contributed by atoms with Gasteiger partial charge in [-0.1, -0.05) is 6.08 Å². The van der Waals surface area contributed by atoms with Crippen LogP contribution in [-0.2, 0) is 23.8 Å². The summed E-state index contributed by atoms with van der Waals surface area (Å²) in [5.41, 5.74) is -1.77. The summed E-state index contributed by atoms with van der Waals surface area (Å²) in [6, 6.07) is 0. The summed E-state index contributed by atoms with van der Waals surface area (Å²) >= 11 is 0. The number of esters is 2. The number of rotatable bonds is 9. The molecule has 0 aliphatic rings. The van der Waals surface area contributed by atoms with Crippen LogP contribution in [0.15, 0.2) is 12.7 Å². The lowest BCUT2D eigenvalue weighted by atomic mass is 10.0. The van der Waals surface area contributed by atoms with Gasteiger partial charge in [-0.25, -0.2) is 9.59 Å². The molecule has 0 amide bonds. The number of quaternary nitrogens is 1. The minimum absolute atomic E-state index is 0. The molecule has 0 saturated carbocycles. The fourth-order valence-corrected chi connectivity index (χ4v) is 1.74. The number of hydrogen-bond donors (Lipinski definition) is 0. The second-order valence-corrected chi connectivity index (χ2v) is 5.32. The number of likely N-dealkylation sites (N-methyl/N-ethyl adjacent to an activating group) is 1. The number of nitrogens with zero attached hydrogens (tertiary/aromatic N) is 1. The van der Waals surface area contributed by atoms with Crippen LogP contribution >= 0.6 is 0 Å². The van der Waals surface area contributed by atoms with Gasteiger partial charge in [-0.3, -0.25) is 0 Å². The molecule has 6 nitrogen and oxygen atoms in total. The lowest BCUT2D eigenvalue weighted by Crippen LogP contribution is -3.00. The zero-order valence-electron chi connectivity index (χ0n) is 13.5. The average Bonchev–Trinajstić information content (AvgIpc) is 2.33. The van der Waals surface area contributed by atoms with Crippen LogP contribution in [0.25, 0.3) is 0 Å². The molecule has 0 aliphatic heterocycles. The van der Waals surface area contributed by atoms with E-state index in [2.05, 4.69) is 6.58 Å². The third kappa shape index (κ3) is 6.93. The third-order valence-electron chi connectivity index (χ3n) is 2.35. The predicted octanol–water partition coefficient (Wildman–Crippen LogP) is -2.24. The van der Waals surface area contributed by atoms with E-state index in [1.807, 2.05) is 21.1 Å². The molecule has 21 heavy (non-hydrogen) atoms. The van der Waals surface area contributed by atoms with Crippen LogP contribution in [0.3, 0.4) is 0 Å². The molecule has 0 rings (SSSR count). The van der Waals surface area contributed by atoms with Crippen LogP contribution in [0.2, 0.25) is 0 Å². The van der Waals surface area contributed by atoms with Crippen LogP contribution in [-0.4, -0.2) is 69.5 Å². The molecule has 0 spiro atoms. The highest BCUT2D eigenvalue weighted by molar-refractivity contribution is 6.04. The topological polar surface area (TPSA) is 61.8 Å². The quantitative estimate of drug-likeness (QED) is 0.208. The largest absolute Gasteiger partial charge is 1.00 e. The Morgan fingerprint density at radius 1 is 1.10 bits per heavy atom. The molecule has 7 heteroatoms. The Balaban J connectivity index is 0. The summed E-state index contributed by atoms with van der Waals surface area (Å²) in [7, 11) is 5.55. The maximum Gasteiger partial charge on any atom is 0.356 e. The van der Waals surface area contributed by atoms with Gasteiger partial charge < -0.3 is 31.1 Å². The van der Waals surface area contributed by atoms with E-state index in [0.29, 0.717) is 4.48 Å². The molecule has 0 saturated heterocycles. The van der Waals surface area contributed by atoms with Crippen molar-refractivity contribution in [2.45, 2.75) is 19.4 Å². The first-order valence-electron chi connectivity index (χ1n) is 6.63. The van der Waals surface area contributed by atoms with Gasteiger partial charge in [0, 0.05) is 0 Å². The Kier molecular flexibility index (Phi) is 10.3. The number of halogens is 1. The van der Waals surface area contributed by atoms with Crippen molar-refractivity contribution in [3.63, 3.8) is 0 Å². The highest BCUT2D eigenvalue weighted by Gasteiger charge is 2.54. The van der Waals surface area contributed by atoms with E-state index >= 15 is 0 Å². The number of ether oxygens (including phenoxy) is 3. The average molecular weight is 324 g/mol. The monoisotopic (exact) mass is 323 g/mol. The lowest BCUT2D eigenvalue weighted by Gasteiger charge is -2.35. The number of hydrogen-bond acceptors (Lipinski definition) is 5. The second kappa shape index (κ2) is 9.76. The molecule has 0 atom stereocenters. The van der Waals surface area contributed by atoms with Crippen molar-refractivity contribution < 1.29 is 40.7 Å². The molecular weight excluding hydrogens is 298 g/mol. The number of carbonyl (C=O) groups excluding carboxylic acids is 2. The summed E-state index contributed by atoms with van der Waals surface area (Å²) in [5.74, 6) is -1.46. The molecule has 0 aromatic carbocycles. The zero-order chi connectivity index (χ0) is 15.8. The van der Waals surface area contributed by atoms with Gasteiger partial charge in [0.1, 0.15) is 6.54 Å². The Bertz CT molecular complexity index is 334. The van der Waals surface area contributed by atoms with Crippen LogP contribution in [0.1, 0.15) is 13.8 Å². The van der Waals surface area contributed by atoms with Crippen molar-refractivity contribution in [2.75, 3.05) is 47.5 Å². The number of carbonyl (C=O) groups is 2. The van der Waals surface area contributed by atoms with E-state index in [1.54, 1.807) is 13.8 Å². The van der Waals surface area contributed by atoms with Gasteiger partial charge in [0.05, 0.1) is 41.0 Å². The van der Waals surface area contributed by atoms with Crippen molar-refractivity contribution in [3.8, 4) is 0 Å². The van der Waals surface area contributed by atoms with Gasteiger partial charge in [0.2, 0.25) is 0 Å². The molecule has 0 bridgehead atoms. The van der Waals surface area contributed by atoms with Crippen molar-refractivity contribution >= 4 is 11.9 Å².